The van der Waals surface area contributed by atoms with Crippen molar-refractivity contribution in [2.45, 2.75) is 19.9 Å². The summed E-state index contributed by atoms with van der Waals surface area (Å²) in [6, 6.07) is 0.744. The van der Waals surface area contributed by atoms with Gasteiger partial charge in [-0.25, -0.2) is 0 Å². The number of nitrogens with zero attached hydrogens (tertiary/aromatic N) is 2. The quantitative estimate of drug-likeness (QED) is 0.624. The van der Waals surface area contributed by atoms with Crippen LogP contribution in [0.5, 0.6) is 0 Å². The highest BCUT2D eigenvalue weighted by atomic mass is 32.2. The number of hydrogen-bond acceptors (Lipinski definition) is 3. The molecule has 76 valence electrons. The highest BCUT2D eigenvalue weighted by Gasteiger charge is 2.40. The maximum absolute atomic E-state index is 2.63. The Morgan fingerprint density at radius 3 is 2.00 bits per heavy atom. The summed E-state index contributed by atoms with van der Waals surface area (Å²) in [6.07, 6.45) is 2.20. The van der Waals surface area contributed by atoms with Gasteiger partial charge in [-0.3, -0.25) is 4.31 Å². The molecule has 0 radical (unpaired) electrons. The van der Waals surface area contributed by atoms with Crippen LogP contribution in [0.25, 0.3) is 0 Å². The van der Waals surface area contributed by atoms with E-state index in [4.69, 9.17) is 0 Å². The third kappa shape index (κ3) is 1.88. The van der Waals surface area contributed by atoms with Gasteiger partial charge >= 0.3 is 0 Å². The first-order valence-corrected chi connectivity index (χ1v) is 6.42. The lowest BCUT2D eigenvalue weighted by Gasteiger charge is -2.23. The van der Waals surface area contributed by atoms with Crippen molar-refractivity contribution in [3.63, 3.8) is 0 Å². The molecule has 2 nitrogen and oxygen atoms in total. The van der Waals surface area contributed by atoms with E-state index in [9.17, 15) is 0 Å². The molecule has 2 aliphatic rings. The molecule has 0 aromatic rings. The molecule has 2 saturated heterocycles. The molecule has 0 N–H and O–H groups in total. The van der Waals surface area contributed by atoms with Crippen LogP contribution < -0.4 is 0 Å². The van der Waals surface area contributed by atoms with Crippen molar-refractivity contribution in [3.8, 4) is 0 Å². The largest absolute Gasteiger partial charge is 0.300 e. The number of rotatable bonds is 2. The highest BCUT2D eigenvalue weighted by Crippen LogP contribution is 2.34. The van der Waals surface area contributed by atoms with E-state index in [1.54, 1.807) is 0 Å². The molecule has 3 heteroatoms. The van der Waals surface area contributed by atoms with E-state index in [-0.39, 0.29) is 0 Å². The van der Waals surface area contributed by atoms with Crippen LogP contribution in [0.4, 0.5) is 0 Å². The van der Waals surface area contributed by atoms with Gasteiger partial charge in [-0.15, -0.1) is 0 Å². The van der Waals surface area contributed by atoms with Crippen LogP contribution in [0, 0.1) is 11.8 Å². The minimum Gasteiger partial charge on any atom is -0.300 e. The molecular formula is C10H20N2S. The van der Waals surface area contributed by atoms with Gasteiger partial charge in [0, 0.05) is 32.2 Å². The number of fused-ring (bicyclic) bond motifs is 1. The van der Waals surface area contributed by atoms with Gasteiger partial charge in [0.25, 0.3) is 0 Å². The molecule has 0 spiro atoms. The van der Waals surface area contributed by atoms with Gasteiger partial charge in [-0.2, -0.15) is 0 Å². The second-order valence-corrected chi connectivity index (χ2v) is 5.48. The SMILES string of the molecule is CSN1CC2CN(C(C)C)CC2C1. The van der Waals surface area contributed by atoms with Crippen LogP contribution in [0.15, 0.2) is 0 Å². The zero-order chi connectivity index (χ0) is 9.42. The third-order valence-electron chi connectivity index (χ3n) is 3.47. The van der Waals surface area contributed by atoms with E-state index in [0.717, 1.165) is 17.9 Å². The summed E-state index contributed by atoms with van der Waals surface area (Å²) in [5.41, 5.74) is 0. The lowest BCUT2D eigenvalue weighted by molar-refractivity contribution is 0.248. The fourth-order valence-electron chi connectivity index (χ4n) is 2.56. The summed E-state index contributed by atoms with van der Waals surface area (Å²) in [4.78, 5) is 2.63. The molecule has 2 unspecified atom stereocenters. The molecule has 0 aromatic carbocycles. The van der Waals surface area contributed by atoms with Gasteiger partial charge in [0.15, 0.2) is 0 Å². The first-order valence-electron chi connectivity index (χ1n) is 5.23. The van der Waals surface area contributed by atoms with Crippen LogP contribution >= 0.6 is 11.9 Å². The van der Waals surface area contributed by atoms with E-state index in [0.29, 0.717) is 0 Å². The molecule has 0 aromatic heterocycles. The number of likely N-dealkylation sites (tertiary alicyclic amines) is 1. The van der Waals surface area contributed by atoms with Crippen LogP contribution in [0.2, 0.25) is 0 Å². The Morgan fingerprint density at radius 2 is 1.62 bits per heavy atom. The Bertz CT molecular complexity index is 170. The van der Waals surface area contributed by atoms with Crippen LogP contribution in [0.1, 0.15) is 13.8 Å². The van der Waals surface area contributed by atoms with Crippen LogP contribution in [-0.2, 0) is 0 Å². The molecule has 0 saturated carbocycles. The summed E-state index contributed by atoms with van der Waals surface area (Å²) >= 11 is 1.91. The monoisotopic (exact) mass is 200 g/mol. The smallest absolute Gasteiger partial charge is 0.0134 e. The van der Waals surface area contributed by atoms with Crippen molar-refractivity contribution in [2.24, 2.45) is 11.8 Å². The summed E-state index contributed by atoms with van der Waals surface area (Å²) in [6.45, 7) is 9.92. The predicted octanol–water partition coefficient (Wildman–Crippen LogP) is 1.54. The molecule has 2 atom stereocenters. The van der Waals surface area contributed by atoms with E-state index < -0.39 is 0 Å². The Balaban J connectivity index is 1.89. The molecule has 0 amide bonds. The summed E-state index contributed by atoms with van der Waals surface area (Å²) in [5, 5.41) is 0. The van der Waals surface area contributed by atoms with Gasteiger partial charge in [-0.1, -0.05) is 11.9 Å². The summed E-state index contributed by atoms with van der Waals surface area (Å²) < 4.78 is 2.52. The first-order chi connectivity index (χ1) is 6.20. The van der Waals surface area contributed by atoms with E-state index in [2.05, 4.69) is 29.3 Å². The van der Waals surface area contributed by atoms with Gasteiger partial charge in [0.05, 0.1) is 0 Å². The average Bonchev–Trinajstić information content (AvgIpc) is 2.58. The Hall–Kier alpha value is 0.270. The Morgan fingerprint density at radius 1 is 1.08 bits per heavy atom. The van der Waals surface area contributed by atoms with Gasteiger partial charge < -0.3 is 4.90 Å². The lowest BCUT2D eigenvalue weighted by Crippen LogP contribution is -2.31. The fourth-order valence-corrected chi connectivity index (χ4v) is 3.24. The summed E-state index contributed by atoms with van der Waals surface area (Å²) in [5.74, 6) is 1.91. The minimum atomic E-state index is 0.744. The van der Waals surface area contributed by atoms with E-state index in [1.165, 1.54) is 26.2 Å². The van der Waals surface area contributed by atoms with Crippen molar-refractivity contribution in [2.75, 3.05) is 32.4 Å². The van der Waals surface area contributed by atoms with Gasteiger partial charge in [-0.05, 0) is 31.9 Å². The van der Waals surface area contributed by atoms with Crippen LogP contribution in [0.3, 0.4) is 0 Å². The molecule has 2 fully saturated rings. The predicted molar refractivity (Wildman–Crippen MR) is 58.8 cm³/mol. The van der Waals surface area contributed by atoms with Crippen LogP contribution in [-0.4, -0.2) is 47.7 Å². The standard InChI is InChI=1S/C10H20N2S/c1-8(2)11-4-9-6-12(13-3)7-10(9)5-11/h8-10H,4-7H2,1-3H3. The fraction of sp³-hybridized carbons (Fsp3) is 1.00. The normalized spacial score (nSPS) is 36.0. The minimum absolute atomic E-state index is 0.744. The number of hydrogen-bond donors (Lipinski definition) is 0. The first kappa shape index (κ1) is 9.81. The van der Waals surface area contributed by atoms with E-state index in [1.807, 2.05) is 11.9 Å². The topological polar surface area (TPSA) is 6.48 Å². The van der Waals surface area contributed by atoms with Crippen molar-refractivity contribution in [1.82, 2.24) is 9.21 Å². The highest BCUT2D eigenvalue weighted by molar-refractivity contribution is 7.96. The van der Waals surface area contributed by atoms with E-state index >= 15 is 0 Å². The second-order valence-electron chi connectivity index (χ2n) is 4.60. The lowest BCUT2D eigenvalue weighted by atomic mass is 10.0. The van der Waals surface area contributed by atoms with Crippen molar-refractivity contribution < 1.29 is 0 Å². The molecule has 0 bridgehead atoms. The van der Waals surface area contributed by atoms with Crippen molar-refractivity contribution in [3.05, 3.63) is 0 Å². The maximum atomic E-state index is 2.63. The molecular weight excluding hydrogens is 180 g/mol. The molecule has 13 heavy (non-hydrogen) atoms. The molecule has 2 heterocycles. The van der Waals surface area contributed by atoms with Gasteiger partial charge in [0.1, 0.15) is 0 Å². The zero-order valence-electron chi connectivity index (χ0n) is 8.86. The molecule has 0 aliphatic carbocycles. The zero-order valence-corrected chi connectivity index (χ0v) is 9.68. The Kier molecular flexibility index (Phi) is 2.86. The maximum Gasteiger partial charge on any atom is 0.0134 e. The molecule has 2 aliphatic heterocycles. The van der Waals surface area contributed by atoms with Crippen molar-refractivity contribution >= 4 is 11.9 Å². The third-order valence-corrected chi connectivity index (χ3v) is 4.28. The Labute approximate surface area is 85.8 Å². The summed E-state index contributed by atoms with van der Waals surface area (Å²) in [7, 11) is 0. The second kappa shape index (κ2) is 3.79. The van der Waals surface area contributed by atoms with Crippen molar-refractivity contribution in [1.29, 1.82) is 0 Å². The van der Waals surface area contributed by atoms with Gasteiger partial charge in [0.2, 0.25) is 0 Å². The average molecular weight is 200 g/mol. The molecule has 2 rings (SSSR count).